The number of hydrogen-bond acceptors (Lipinski definition) is 4. The number of hydrogen-bond donors (Lipinski definition) is 1. The maximum atomic E-state index is 13.7. The lowest BCUT2D eigenvalue weighted by molar-refractivity contribution is 0.102. The summed E-state index contributed by atoms with van der Waals surface area (Å²) in [7, 11) is 3.43. The number of methoxy groups -OCH3 is 1. The topological polar surface area (TPSA) is 54.5 Å². The van der Waals surface area contributed by atoms with Crippen LogP contribution in [0.4, 0.5) is 10.1 Å². The number of carbonyl (C=O) groups excluding carboxylic acids is 1. The number of rotatable bonds is 3. The molecule has 24 heavy (non-hydrogen) atoms. The van der Waals surface area contributed by atoms with Crippen molar-refractivity contribution < 1.29 is 13.9 Å². The summed E-state index contributed by atoms with van der Waals surface area (Å²) in [6, 6.07) is 6.05. The SMILES string of the molecule is COc1ccc(C(=O)Nc2cnc3c(c2)CN(C)CC3)cc1F.Cl. The van der Waals surface area contributed by atoms with Crippen molar-refractivity contribution in [2.45, 2.75) is 13.0 Å². The van der Waals surface area contributed by atoms with E-state index in [-0.39, 0.29) is 29.6 Å². The van der Waals surface area contributed by atoms with E-state index in [0.717, 1.165) is 36.8 Å². The summed E-state index contributed by atoms with van der Waals surface area (Å²) in [5.41, 5.74) is 3.02. The zero-order valence-electron chi connectivity index (χ0n) is 13.5. The highest BCUT2D eigenvalue weighted by molar-refractivity contribution is 6.04. The number of pyridine rings is 1. The molecule has 0 fully saturated rings. The summed E-state index contributed by atoms with van der Waals surface area (Å²) < 4.78 is 18.5. The Morgan fingerprint density at radius 1 is 1.38 bits per heavy atom. The molecule has 0 aliphatic carbocycles. The third kappa shape index (κ3) is 3.83. The van der Waals surface area contributed by atoms with E-state index in [4.69, 9.17) is 4.74 Å². The van der Waals surface area contributed by atoms with Gasteiger partial charge in [-0.15, -0.1) is 12.4 Å². The summed E-state index contributed by atoms with van der Waals surface area (Å²) >= 11 is 0. The van der Waals surface area contributed by atoms with Crippen molar-refractivity contribution in [2.75, 3.05) is 26.0 Å². The quantitative estimate of drug-likeness (QED) is 0.923. The van der Waals surface area contributed by atoms with Crippen molar-refractivity contribution in [2.24, 2.45) is 0 Å². The van der Waals surface area contributed by atoms with E-state index in [0.29, 0.717) is 5.69 Å². The number of carbonyl (C=O) groups is 1. The van der Waals surface area contributed by atoms with E-state index >= 15 is 0 Å². The van der Waals surface area contributed by atoms with Gasteiger partial charge in [0.1, 0.15) is 0 Å². The molecule has 1 N–H and O–H groups in total. The van der Waals surface area contributed by atoms with Crippen LogP contribution in [0.1, 0.15) is 21.6 Å². The van der Waals surface area contributed by atoms with Gasteiger partial charge in [-0.25, -0.2) is 4.39 Å². The van der Waals surface area contributed by atoms with Gasteiger partial charge < -0.3 is 15.0 Å². The van der Waals surface area contributed by atoms with Crippen LogP contribution in [0, 0.1) is 5.82 Å². The van der Waals surface area contributed by atoms with Gasteiger partial charge in [-0.3, -0.25) is 9.78 Å². The monoisotopic (exact) mass is 351 g/mol. The Hall–Kier alpha value is -2.18. The zero-order valence-corrected chi connectivity index (χ0v) is 14.3. The van der Waals surface area contributed by atoms with Gasteiger partial charge in [-0.1, -0.05) is 0 Å². The van der Waals surface area contributed by atoms with Crippen molar-refractivity contribution >= 4 is 24.0 Å². The van der Waals surface area contributed by atoms with Crippen molar-refractivity contribution in [3.05, 3.63) is 53.1 Å². The Bertz CT molecular complexity index is 755. The Balaban J connectivity index is 0.00000208. The number of halogens is 2. The molecule has 1 aliphatic heterocycles. The maximum Gasteiger partial charge on any atom is 0.255 e. The van der Waals surface area contributed by atoms with Gasteiger partial charge in [0.25, 0.3) is 5.91 Å². The minimum Gasteiger partial charge on any atom is -0.494 e. The van der Waals surface area contributed by atoms with Crippen LogP contribution in [-0.2, 0) is 13.0 Å². The average Bonchev–Trinajstić information content (AvgIpc) is 2.54. The lowest BCUT2D eigenvalue weighted by atomic mass is 10.1. The Kier molecular flexibility index (Phi) is 5.75. The number of fused-ring (bicyclic) bond motifs is 1. The second-order valence-corrected chi connectivity index (χ2v) is 5.62. The first-order valence-corrected chi connectivity index (χ1v) is 7.38. The normalized spacial score (nSPS) is 13.6. The minimum atomic E-state index is -0.564. The largest absolute Gasteiger partial charge is 0.494 e. The fourth-order valence-corrected chi connectivity index (χ4v) is 2.65. The summed E-state index contributed by atoms with van der Waals surface area (Å²) in [6.45, 7) is 1.79. The number of nitrogens with one attached hydrogen (secondary N) is 1. The zero-order chi connectivity index (χ0) is 16.4. The summed E-state index contributed by atoms with van der Waals surface area (Å²) in [5, 5.41) is 2.76. The number of aromatic nitrogens is 1. The first-order valence-electron chi connectivity index (χ1n) is 7.38. The van der Waals surface area contributed by atoms with Crippen LogP contribution in [0.15, 0.2) is 30.5 Å². The molecule has 3 rings (SSSR count). The van der Waals surface area contributed by atoms with Crippen LogP contribution in [-0.4, -0.2) is 36.5 Å². The second-order valence-electron chi connectivity index (χ2n) is 5.62. The molecule has 2 aromatic rings. The molecule has 5 nitrogen and oxygen atoms in total. The minimum absolute atomic E-state index is 0. The van der Waals surface area contributed by atoms with Gasteiger partial charge in [0.15, 0.2) is 11.6 Å². The van der Waals surface area contributed by atoms with E-state index in [1.807, 2.05) is 13.1 Å². The molecule has 0 unspecified atom stereocenters. The van der Waals surface area contributed by atoms with Gasteiger partial charge in [-0.2, -0.15) is 0 Å². The molecule has 0 saturated heterocycles. The summed E-state index contributed by atoms with van der Waals surface area (Å²) in [4.78, 5) is 18.9. The van der Waals surface area contributed by atoms with Gasteiger partial charge in [0.05, 0.1) is 19.0 Å². The molecule has 1 aromatic carbocycles. The Morgan fingerprint density at radius 3 is 2.88 bits per heavy atom. The summed E-state index contributed by atoms with van der Waals surface area (Å²) in [5.74, 6) is -0.831. The number of nitrogens with zero attached hydrogens (tertiary/aromatic N) is 2. The van der Waals surface area contributed by atoms with Gasteiger partial charge >= 0.3 is 0 Å². The lowest BCUT2D eigenvalue weighted by Crippen LogP contribution is -2.27. The van der Waals surface area contributed by atoms with Crippen LogP contribution in [0.2, 0.25) is 0 Å². The van der Waals surface area contributed by atoms with Crippen molar-refractivity contribution in [1.82, 2.24) is 9.88 Å². The van der Waals surface area contributed by atoms with E-state index in [9.17, 15) is 9.18 Å². The molecular weight excluding hydrogens is 333 g/mol. The second kappa shape index (κ2) is 7.59. The number of benzene rings is 1. The van der Waals surface area contributed by atoms with Crippen LogP contribution in [0.5, 0.6) is 5.75 Å². The smallest absolute Gasteiger partial charge is 0.255 e. The molecule has 1 aliphatic rings. The highest BCUT2D eigenvalue weighted by atomic mass is 35.5. The van der Waals surface area contributed by atoms with Crippen LogP contribution < -0.4 is 10.1 Å². The first kappa shape index (κ1) is 18.2. The number of likely N-dealkylation sites (N-methyl/N-ethyl adjacent to an activating group) is 1. The molecule has 0 atom stereocenters. The van der Waals surface area contributed by atoms with E-state index in [2.05, 4.69) is 15.2 Å². The van der Waals surface area contributed by atoms with E-state index in [1.54, 1.807) is 6.20 Å². The third-order valence-corrected chi connectivity index (χ3v) is 3.90. The van der Waals surface area contributed by atoms with Crippen molar-refractivity contribution in [3.8, 4) is 5.75 Å². The Morgan fingerprint density at radius 2 is 2.17 bits per heavy atom. The predicted molar refractivity (Wildman–Crippen MR) is 92.4 cm³/mol. The van der Waals surface area contributed by atoms with Gasteiger partial charge in [0.2, 0.25) is 0 Å². The predicted octanol–water partition coefficient (Wildman–Crippen LogP) is 2.89. The average molecular weight is 352 g/mol. The molecule has 1 amide bonds. The van der Waals surface area contributed by atoms with Gasteiger partial charge in [-0.05, 0) is 36.9 Å². The standard InChI is InChI=1S/C17H18FN3O2.ClH/c1-21-6-5-15-12(10-21)7-13(9-19-15)20-17(22)11-3-4-16(23-2)14(18)8-11;/h3-4,7-9H,5-6,10H2,1-2H3,(H,20,22);1H. The number of anilines is 1. The Labute approximate surface area is 146 Å². The van der Waals surface area contributed by atoms with Crippen LogP contribution in [0.25, 0.3) is 0 Å². The molecule has 0 spiro atoms. The van der Waals surface area contributed by atoms with Gasteiger partial charge in [0, 0.05) is 30.8 Å². The third-order valence-electron chi connectivity index (χ3n) is 3.90. The fraction of sp³-hybridized carbons (Fsp3) is 0.294. The first-order chi connectivity index (χ1) is 11.1. The van der Waals surface area contributed by atoms with Crippen molar-refractivity contribution in [3.63, 3.8) is 0 Å². The molecular formula is C17H19ClFN3O2. The molecule has 0 saturated carbocycles. The molecule has 0 radical (unpaired) electrons. The number of ether oxygens (including phenoxy) is 1. The highest BCUT2D eigenvalue weighted by Crippen LogP contribution is 2.21. The molecule has 7 heteroatoms. The molecule has 0 bridgehead atoms. The highest BCUT2D eigenvalue weighted by Gasteiger charge is 2.16. The lowest BCUT2D eigenvalue weighted by Gasteiger charge is -2.24. The number of amides is 1. The fourth-order valence-electron chi connectivity index (χ4n) is 2.65. The molecule has 2 heterocycles. The van der Waals surface area contributed by atoms with Crippen LogP contribution in [0.3, 0.4) is 0 Å². The van der Waals surface area contributed by atoms with E-state index in [1.165, 1.54) is 19.2 Å². The van der Waals surface area contributed by atoms with E-state index < -0.39 is 5.82 Å². The summed E-state index contributed by atoms with van der Waals surface area (Å²) in [6.07, 6.45) is 2.55. The van der Waals surface area contributed by atoms with Crippen LogP contribution >= 0.6 is 12.4 Å². The van der Waals surface area contributed by atoms with Crippen molar-refractivity contribution in [1.29, 1.82) is 0 Å². The molecule has 128 valence electrons. The maximum absolute atomic E-state index is 13.7. The molecule has 1 aromatic heterocycles.